The third-order valence-corrected chi connectivity index (χ3v) is 3.21. The molecule has 0 aliphatic carbocycles. The second-order valence-electron chi connectivity index (χ2n) is 5.10. The van der Waals surface area contributed by atoms with E-state index in [4.69, 9.17) is 5.11 Å². The lowest BCUT2D eigenvalue weighted by Crippen LogP contribution is -2.32. The number of rotatable bonds is 6. The van der Waals surface area contributed by atoms with E-state index < -0.39 is 0 Å². The van der Waals surface area contributed by atoms with Gasteiger partial charge < -0.3 is 10.0 Å². The summed E-state index contributed by atoms with van der Waals surface area (Å²) in [5.41, 5.74) is 2.64. The predicted octanol–water partition coefficient (Wildman–Crippen LogP) is 2.99. The number of amides is 1. The van der Waals surface area contributed by atoms with E-state index >= 15 is 0 Å². The van der Waals surface area contributed by atoms with E-state index in [0.29, 0.717) is 6.42 Å². The van der Waals surface area contributed by atoms with Crippen LogP contribution in [0.5, 0.6) is 0 Å². The molecule has 0 bridgehead atoms. The maximum absolute atomic E-state index is 12.5. The lowest BCUT2D eigenvalue weighted by atomic mass is 10.0. The molecule has 1 N–H and O–H groups in total. The number of hydrogen-bond donors (Lipinski definition) is 1. The van der Waals surface area contributed by atoms with Gasteiger partial charge in [-0.15, -0.1) is 0 Å². The minimum atomic E-state index is 0.0750. The highest BCUT2D eigenvalue weighted by Gasteiger charge is 2.14. The van der Waals surface area contributed by atoms with Crippen LogP contribution in [0.15, 0.2) is 18.2 Å². The maximum atomic E-state index is 12.5. The van der Waals surface area contributed by atoms with E-state index in [-0.39, 0.29) is 12.5 Å². The van der Waals surface area contributed by atoms with E-state index in [1.54, 1.807) is 0 Å². The molecule has 1 aromatic carbocycles. The summed E-state index contributed by atoms with van der Waals surface area (Å²) in [4.78, 5) is 14.4. The highest BCUT2D eigenvalue weighted by atomic mass is 16.2. The molecule has 0 unspecified atom stereocenters. The number of aryl methyl sites for hydroxylation is 1. The van der Waals surface area contributed by atoms with Crippen molar-refractivity contribution in [2.75, 3.05) is 19.7 Å². The number of carbonyl (C=O) groups is 1. The molecule has 3 heteroatoms. The van der Waals surface area contributed by atoms with Crippen LogP contribution in [0.4, 0.5) is 0 Å². The quantitative estimate of drug-likeness (QED) is 0.817. The molecule has 0 saturated heterocycles. The monoisotopic (exact) mass is 287 g/mol. The van der Waals surface area contributed by atoms with E-state index in [9.17, 15) is 4.79 Å². The molecule has 0 fully saturated rings. The summed E-state index contributed by atoms with van der Waals surface area (Å²) < 4.78 is 0. The molecule has 0 heterocycles. The van der Waals surface area contributed by atoms with Gasteiger partial charge in [0.05, 0.1) is 6.61 Å². The van der Waals surface area contributed by atoms with Gasteiger partial charge in [0.15, 0.2) is 0 Å². The van der Waals surface area contributed by atoms with Crippen LogP contribution in [-0.4, -0.2) is 35.6 Å². The molecule has 1 amide bonds. The summed E-state index contributed by atoms with van der Waals surface area (Å²) in [7, 11) is 0. The summed E-state index contributed by atoms with van der Waals surface area (Å²) in [5.74, 6) is 6.03. The van der Waals surface area contributed by atoms with Crippen molar-refractivity contribution in [1.82, 2.24) is 4.90 Å². The van der Waals surface area contributed by atoms with Gasteiger partial charge in [0, 0.05) is 30.6 Å². The fourth-order valence-electron chi connectivity index (χ4n) is 2.19. The average Bonchev–Trinajstić information content (AvgIpc) is 2.48. The highest BCUT2D eigenvalue weighted by molar-refractivity contribution is 5.94. The molecule has 0 saturated carbocycles. The Labute approximate surface area is 128 Å². The molecule has 0 radical (unpaired) electrons. The van der Waals surface area contributed by atoms with Crippen molar-refractivity contribution in [1.29, 1.82) is 0 Å². The summed E-state index contributed by atoms with van der Waals surface area (Å²) in [6.45, 7) is 7.80. The summed E-state index contributed by atoms with van der Waals surface area (Å²) in [6.07, 6.45) is 2.41. The van der Waals surface area contributed by atoms with Crippen LogP contribution < -0.4 is 0 Å². The van der Waals surface area contributed by atoms with Crippen molar-refractivity contribution in [3.8, 4) is 11.8 Å². The molecule has 1 rings (SSSR count). The van der Waals surface area contributed by atoms with Crippen molar-refractivity contribution in [2.45, 2.75) is 40.0 Å². The molecule has 114 valence electrons. The fraction of sp³-hybridized carbons (Fsp3) is 0.500. The number of benzene rings is 1. The van der Waals surface area contributed by atoms with Gasteiger partial charge >= 0.3 is 0 Å². The zero-order valence-electron chi connectivity index (χ0n) is 13.3. The Kier molecular flexibility index (Phi) is 7.56. The SMILES string of the molecule is CCCN(CCC)C(=O)c1ccc(C#CCCO)c(C)c1. The largest absolute Gasteiger partial charge is 0.395 e. The molecule has 3 nitrogen and oxygen atoms in total. The molecule has 0 aromatic heterocycles. The van der Waals surface area contributed by atoms with Crippen LogP contribution >= 0.6 is 0 Å². The second-order valence-corrected chi connectivity index (χ2v) is 5.10. The molecule has 1 aromatic rings. The Morgan fingerprint density at radius 2 is 1.90 bits per heavy atom. The van der Waals surface area contributed by atoms with E-state index in [2.05, 4.69) is 25.7 Å². The first-order valence-corrected chi connectivity index (χ1v) is 7.63. The highest BCUT2D eigenvalue weighted by Crippen LogP contribution is 2.13. The number of hydrogen-bond acceptors (Lipinski definition) is 2. The normalized spacial score (nSPS) is 9.90. The van der Waals surface area contributed by atoms with Gasteiger partial charge in [0.2, 0.25) is 0 Å². The van der Waals surface area contributed by atoms with Gasteiger partial charge in [0.1, 0.15) is 0 Å². The lowest BCUT2D eigenvalue weighted by Gasteiger charge is -2.21. The van der Waals surface area contributed by atoms with Gasteiger partial charge in [-0.1, -0.05) is 25.7 Å². The van der Waals surface area contributed by atoms with Crippen LogP contribution in [0.1, 0.15) is 54.6 Å². The molecule has 0 aliphatic rings. The standard InChI is InChI=1S/C18H25NO2/c1-4-11-19(12-5-2)18(21)17-10-9-16(15(3)14-17)8-6-7-13-20/h9-10,14,20H,4-5,7,11-13H2,1-3H3. The van der Waals surface area contributed by atoms with E-state index in [1.807, 2.05) is 30.0 Å². The number of carbonyl (C=O) groups excluding carboxylic acids is 1. The average molecular weight is 287 g/mol. The molecular formula is C18H25NO2. The van der Waals surface area contributed by atoms with Crippen molar-refractivity contribution in [2.24, 2.45) is 0 Å². The third-order valence-electron chi connectivity index (χ3n) is 3.21. The van der Waals surface area contributed by atoms with Gasteiger partial charge in [-0.05, 0) is 43.5 Å². The predicted molar refractivity (Wildman–Crippen MR) is 86.2 cm³/mol. The van der Waals surface area contributed by atoms with Gasteiger partial charge in [-0.25, -0.2) is 0 Å². The Morgan fingerprint density at radius 3 is 2.43 bits per heavy atom. The zero-order valence-corrected chi connectivity index (χ0v) is 13.3. The fourth-order valence-corrected chi connectivity index (χ4v) is 2.19. The Morgan fingerprint density at radius 1 is 1.24 bits per heavy atom. The van der Waals surface area contributed by atoms with Crippen LogP contribution in [0.2, 0.25) is 0 Å². The van der Waals surface area contributed by atoms with Crippen molar-refractivity contribution in [3.05, 3.63) is 34.9 Å². The Hall–Kier alpha value is -1.79. The topological polar surface area (TPSA) is 40.5 Å². The molecule has 0 atom stereocenters. The van der Waals surface area contributed by atoms with Gasteiger partial charge in [-0.3, -0.25) is 4.79 Å². The smallest absolute Gasteiger partial charge is 0.253 e. The molecule has 0 spiro atoms. The molecular weight excluding hydrogens is 262 g/mol. The van der Waals surface area contributed by atoms with Crippen molar-refractivity contribution < 1.29 is 9.90 Å². The van der Waals surface area contributed by atoms with Gasteiger partial charge in [0.25, 0.3) is 5.91 Å². The van der Waals surface area contributed by atoms with Crippen LogP contribution in [0, 0.1) is 18.8 Å². The van der Waals surface area contributed by atoms with E-state index in [0.717, 1.165) is 42.6 Å². The summed E-state index contributed by atoms with van der Waals surface area (Å²) in [5, 5.41) is 8.74. The minimum absolute atomic E-state index is 0.0750. The number of aliphatic hydroxyl groups is 1. The summed E-state index contributed by atoms with van der Waals surface area (Å²) in [6, 6.07) is 5.64. The van der Waals surface area contributed by atoms with Gasteiger partial charge in [-0.2, -0.15) is 0 Å². The number of nitrogens with zero attached hydrogens (tertiary/aromatic N) is 1. The maximum Gasteiger partial charge on any atom is 0.253 e. The Bertz CT molecular complexity index is 520. The third kappa shape index (κ3) is 5.24. The van der Waals surface area contributed by atoms with E-state index in [1.165, 1.54) is 0 Å². The minimum Gasteiger partial charge on any atom is -0.395 e. The molecule has 0 aliphatic heterocycles. The second kappa shape index (κ2) is 9.20. The number of aliphatic hydroxyl groups excluding tert-OH is 1. The first kappa shape index (κ1) is 17.3. The first-order chi connectivity index (χ1) is 10.1. The zero-order chi connectivity index (χ0) is 15.7. The summed E-state index contributed by atoms with van der Waals surface area (Å²) >= 11 is 0. The first-order valence-electron chi connectivity index (χ1n) is 7.63. The van der Waals surface area contributed by atoms with Crippen molar-refractivity contribution >= 4 is 5.91 Å². The van der Waals surface area contributed by atoms with Crippen LogP contribution in [-0.2, 0) is 0 Å². The van der Waals surface area contributed by atoms with Crippen molar-refractivity contribution in [3.63, 3.8) is 0 Å². The van der Waals surface area contributed by atoms with Crippen LogP contribution in [0.3, 0.4) is 0 Å². The van der Waals surface area contributed by atoms with Crippen LogP contribution in [0.25, 0.3) is 0 Å². The molecule has 21 heavy (non-hydrogen) atoms. The lowest BCUT2D eigenvalue weighted by molar-refractivity contribution is 0.0755. The Balaban J connectivity index is 2.91.